The minimum absolute atomic E-state index is 0.0351. The number of hydrogen-bond acceptors (Lipinski definition) is 3. The number of aryl methyl sites for hydroxylation is 1. The Hall–Kier alpha value is -1.55. The maximum Gasteiger partial charge on any atom is 0.230 e. The Morgan fingerprint density at radius 2 is 2.20 bits per heavy atom. The first-order valence-corrected chi connectivity index (χ1v) is 7.23. The number of phenolic OH excluding ortho intramolecular Hbond substituents is 1. The molecule has 1 atom stereocenters. The Bertz CT molecular complexity index is 491. The summed E-state index contributed by atoms with van der Waals surface area (Å²) in [6.07, 6.45) is 2.17. The zero-order chi connectivity index (χ0) is 14.8. The zero-order valence-electron chi connectivity index (χ0n) is 12.5. The van der Waals surface area contributed by atoms with Gasteiger partial charge in [0.1, 0.15) is 5.75 Å². The summed E-state index contributed by atoms with van der Waals surface area (Å²) in [6, 6.07) is 5.39. The molecule has 1 aromatic carbocycles. The first-order valence-electron chi connectivity index (χ1n) is 7.23. The normalized spacial score (nSPS) is 19.6. The van der Waals surface area contributed by atoms with E-state index in [-0.39, 0.29) is 11.7 Å². The molecule has 1 amide bonds. The third kappa shape index (κ3) is 2.96. The predicted octanol–water partition coefficient (Wildman–Crippen LogP) is 2.66. The molecule has 4 nitrogen and oxygen atoms in total. The van der Waals surface area contributed by atoms with E-state index in [2.05, 4.69) is 10.6 Å². The monoisotopic (exact) mass is 276 g/mol. The molecule has 1 aliphatic heterocycles. The Kier molecular flexibility index (Phi) is 4.33. The summed E-state index contributed by atoms with van der Waals surface area (Å²) in [5.41, 5.74) is 0.802. The number of para-hydroxylation sites is 1. The molecule has 1 unspecified atom stereocenters. The van der Waals surface area contributed by atoms with Crippen LogP contribution in [-0.2, 0) is 4.79 Å². The topological polar surface area (TPSA) is 61.4 Å². The fourth-order valence-corrected chi connectivity index (χ4v) is 2.70. The zero-order valence-corrected chi connectivity index (χ0v) is 12.5. The number of nitrogens with one attached hydrogen (secondary N) is 2. The van der Waals surface area contributed by atoms with Gasteiger partial charge < -0.3 is 15.7 Å². The third-order valence-corrected chi connectivity index (χ3v) is 4.39. The van der Waals surface area contributed by atoms with E-state index >= 15 is 0 Å². The molecule has 0 aromatic heterocycles. The maximum atomic E-state index is 12.5. The summed E-state index contributed by atoms with van der Waals surface area (Å²) in [5, 5.41) is 16.2. The van der Waals surface area contributed by atoms with Gasteiger partial charge in [0.15, 0.2) is 0 Å². The number of benzene rings is 1. The van der Waals surface area contributed by atoms with Crippen LogP contribution in [0.3, 0.4) is 0 Å². The van der Waals surface area contributed by atoms with Gasteiger partial charge in [0.2, 0.25) is 5.91 Å². The second-order valence-electron chi connectivity index (χ2n) is 6.19. The number of aromatic hydroxyl groups is 1. The van der Waals surface area contributed by atoms with Crippen LogP contribution in [0.25, 0.3) is 0 Å². The lowest BCUT2D eigenvalue weighted by molar-refractivity contribution is -0.127. The van der Waals surface area contributed by atoms with E-state index < -0.39 is 5.41 Å². The molecular formula is C16H24N2O2. The number of piperidine rings is 1. The second kappa shape index (κ2) is 5.83. The minimum Gasteiger partial charge on any atom is -0.505 e. The highest BCUT2D eigenvalue weighted by Gasteiger charge is 2.37. The van der Waals surface area contributed by atoms with Gasteiger partial charge in [0, 0.05) is 5.41 Å². The van der Waals surface area contributed by atoms with Crippen molar-refractivity contribution < 1.29 is 9.90 Å². The summed E-state index contributed by atoms with van der Waals surface area (Å²) in [6.45, 7) is 7.69. The highest BCUT2D eigenvalue weighted by Crippen LogP contribution is 2.34. The Labute approximate surface area is 120 Å². The molecule has 1 aliphatic rings. The van der Waals surface area contributed by atoms with Crippen LogP contribution in [-0.4, -0.2) is 24.1 Å². The van der Waals surface area contributed by atoms with Crippen molar-refractivity contribution in [3.8, 4) is 5.75 Å². The van der Waals surface area contributed by atoms with E-state index in [0.717, 1.165) is 31.5 Å². The van der Waals surface area contributed by atoms with Gasteiger partial charge in [-0.3, -0.25) is 4.79 Å². The Balaban J connectivity index is 2.12. The van der Waals surface area contributed by atoms with Crippen LogP contribution in [0.15, 0.2) is 18.2 Å². The van der Waals surface area contributed by atoms with E-state index in [1.54, 1.807) is 6.07 Å². The number of anilines is 1. The summed E-state index contributed by atoms with van der Waals surface area (Å²) in [7, 11) is 0. The van der Waals surface area contributed by atoms with Gasteiger partial charge in [-0.1, -0.05) is 26.0 Å². The van der Waals surface area contributed by atoms with E-state index in [1.165, 1.54) is 0 Å². The van der Waals surface area contributed by atoms with Gasteiger partial charge >= 0.3 is 0 Å². The van der Waals surface area contributed by atoms with Crippen LogP contribution in [0, 0.1) is 18.3 Å². The molecule has 4 heteroatoms. The lowest BCUT2D eigenvalue weighted by Gasteiger charge is -2.36. The average molecular weight is 276 g/mol. The molecule has 0 bridgehead atoms. The molecule has 1 heterocycles. The molecule has 110 valence electrons. The van der Waals surface area contributed by atoms with Gasteiger partial charge in [-0.05, 0) is 50.4 Å². The van der Waals surface area contributed by atoms with Crippen LogP contribution in [0.2, 0.25) is 0 Å². The molecule has 0 saturated carbocycles. The van der Waals surface area contributed by atoms with Crippen molar-refractivity contribution in [1.82, 2.24) is 5.32 Å². The fourth-order valence-electron chi connectivity index (χ4n) is 2.70. The number of carbonyl (C=O) groups excluding carboxylic acids is 1. The molecule has 2 rings (SSSR count). The standard InChI is InChI=1S/C16H24N2O2/c1-11-6-4-8-13(14(11)19)18-15(20)16(2,3)12-7-5-9-17-10-12/h4,6,8,12,17,19H,5,7,9-10H2,1-3H3,(H,18,20). The van der Waals surface area contributed by atoms with Crippen LogP contribution in [0.1, 0.15) is 32.3 Å². The van der Waals surface area contributed by atoms with Gasteiger partial charge in [0.25, 0.3) is 0 Å². The van der Waals surface area contributed by atoms with E-state index in [1.807, 2.05) is 32.9 Å². The summed E-state index contributed by atoms with van der Waals surface area (Å²) in [5.74, 6) is 0.439. The minimum atomic E-state index is -0.455. The molecule has 3 N–H and O–H groups in total. The second-order valence-corrected chi connectivity index (χ2v) is 6.19. The van der Waals surface area contributed by atoms with Gasteiger partial charge in [-0.25, -0.2) is 0 Å². The maximum absolute atomic E-state index is 12.5. The number of carbonyl (C=O) groups is 1. The molecule has 0 spiro atoms. The molecular weight excluding hydrogens is 252 g/mol. The molecule has 1 saturated heterocycles. The van der Waals surface area contributed by atoms with Crippen LogP contribution >= 0.6 is 0 Å². The average Bonchev–Trinajstić information content (AvgIpc) is 2.44. The van der Waals surface area contributed by atoms with Crippen LogP contribution in [0.5, 0.6) is 5.75 Å². The summed E-state index contributed by atoms with van der Waals surface area (Å²) in [4.78, 5) is 12.5. The van der Waals surface area contributed by atoms with E-state index in [4.69, 9.17) is 0 Å². The largest absolute Gasteiger partial charge is 0.505 e. The van der Waals surface area contributed by atoms with Crippen molar-refractivity contribution in [3.63, 3.8) is 0 Å². The first kappa shape index (κ1) is 14.9. The number of amides is 1. The summed E-state index contributed by atoms with van der Waals surface area (Å²) >= 11 is 0. The smallest absolute Gasteiger partial charge is 0.230 e. The lowest BCUT2D eigenvalue weighted by atomic mass is 9.74. The van der Waals surface area contributed by atoms with Crippen LogP contribution in [0.4, 0.5) is 5.69 Å². The highest BCUT2D eigenvalue weighted by atomic mass is 16.3. The van der Waals surface area contributed by atoms with Crippen molar-refractivity contribution in [2.45, 2.75) is 33.6 Å². The summed E-state index contributed by atoms with van der Waals surface area (Å²) < 4.78 is 0. The Morgan fingerprint density at radius 3 is 2.85 bits per heavy atom. The van der Waals surface area contributed by atoms with E-state index in [9.17, 15) is 9.90 Å². The van der Waals surface area contributed by atoms with Crippen molar-refractivity contribution in [2.75, 3.05) is 18.4 Å². The molecule has 0 radical (unpaired) electrons. The van der Waals surface area contributed by atoms with Crippen molar-refractivity contribution >= 4 is 11.6 Å². The first-order chi connectivity index (χ1) is 9.43. The number of hydrogen-bond donors (Lipinski definition) is 3. The molecule has 20 heavy (non-hydrogen) atoms. The highest BCUT2D eigenvalue weighted by molar-refractivity contribution is 5.96. The fraction of sp³-hybridized carbons (Fsp3) is 0.562. The van der Waals surface area contributed by atoms with Gasteiger partial charge in [-0.15, -0.1) is 0 Å². The quantitative estimate of drug-likeness (QED) is 0.744. The predicted molar refractivity (Wildman–Crippen MR) is 80.8 cm³/mol. The molecule has 1 fully saturated rings. The van der Waals surface area contributed by atoms with E-state index in [0.29, 0.717) is 11.6 Å². The van der Waals surface area contributed by atoms with Crippen molar-refractivity contribution in [1.29, 1.82) is 0 Å². The number of rotatable bonds is 3. The van der Waals surface area contributed by atoms with Crippen molar-refractivity contribution in [2.24, 2.45) is 11.3 Å². The van der Waals surface area contributed by atoms with Crippen LogP contribution < -0.4 is 10.6 Å². The third-order valence-electron chi connectivity index (χ3n) is 4.39. The molecule has 1 aromatic rings. The van der Waals surface area contributed by atoms with Gasteiger partial charge in [-0.2, -0.15) is 0 Å². The SMILES string of the molecule is Cc1cccc(NC(=O)C(C)(C)C2CCCNC2)c1O. The Morgan fingerprint density at radius 1 is 1.45 bits per heavy atom. The number of phenols is 1. The lowest BCUT2D eigenvalue weighted by Crippen LogP contribution is -2.44. The molecule has 0 aliphatic carbocycles. The van der Waals surface area contributed by atoms with Gasteiger partial charge in [0.05, 0.1) is 5.69 Å². The van der Waals surface area contributed by atoms with Crippen molar-refractivity contribution in [3.05, 3.63) is 23.8 Å².